The van der Waals surface area contributed by atoms with Crippen molar-refractivity contribution < 1.29 is 4.42 Å². The lowest BCUT2D eigenvalue weighted by Gasteiger charge is -2.19. The highest BCUT2D eigenvalue weighted by Crippen LogP contribution is 2.46. The number of hydrogen-bond acceptors (Lipinski definition) is 2. The van der Waals surface area contributed by atoms with E-state index in [4.69, 9.17) is 15.1 Å². The summed E-state index contributed by atoms with van der Waals surface area (Å²) in [5.41, 5.74) is 19.5. The molecule has 11 aromatic rings. The highest BCUT2D eigenvalue weighted by molar-refractivity contribution is 6.28. The van der Waals surface area contributed by atoms with Gasteiger partial charge in [-0.05, 0) is 101 Å². The van der Waals surface area contributed by atoms with Gasteiger partial charge in [-0.15, -0.1) is 0 Å². The predicted molar refractivity (Wildman–Crippen MR) is 258 cm³/mol. The summed E-state index contributed by atoms with van der Waals surface area (Å²) in [6.45, 7) is 0. The van der Waals surface area contributed by atoms with Gasteiger partial charge in [0.05, 0.1) is 5.70 Å². The van der Waals surface area contributed by atoms with Gasteiger partial charge in [-0.1, -0.05) is 200 Å². The molecule has 3 heteroatoms. The Morgan fingerprint density at radius 3 is 1.82 bits per heavy atom. The molecule has 0 bridgehead atoms. The van der Waals surface area contributed by atoms with Crippen molar-refractivity contribution in [2.45, 2.75) is 6.42 Å². The normalized spacial score (nSPS) is 12.3. The third-order valence-corrected chi connectivity index (χ3v) is 11.9. The maximum atomic E-state index is 6.74. The number of rotatable bonds is 8. The van der Waals surface area contributed by atoms with Crippen LogP contribution in [0.3, 0.4) is 0 Å². The number of hydrogen-bond donors (Lipinski definition) is 1. The van der Waals surface area contributed by atoms with Crippen molar-refractivity contribution in [1.29, 1.82) is 0 Å². The molecule has 0 radical (unpaired) electrons. The van der Waals surface area contributed by atoms with Gasteiger partial charge in [0, 0.05) is 16.3 Å². The standard InChI is InChI=1S/C58H40N2O/c59-58(43-18-5-2-6-19-43)60-52(35-26-38-14-13-20-44(36-38)45-32-33-48-47-22-11-12-25-53(47)61-54(48)37-45)40-27-29-42(30-28-40)56-50-24-10-9-23-49(50)55(41-16-3-1-4-17-41)51-34-31-39-15-7-8-21-46(39)57(51)56/h1-25,27-37H,26H2,(H2,59,60)/b52-35-. The number of allylic oxidation sites excluding steroid dienone is 1. The molecule has 288 valence electrons. The van der Waals surface area contributed by atoms with Gasteiger partial charge < -0.3 is 10.2 Å². The molecule has 0 aliphatic heterocycles. The average molecular weight is 781 g/mol. The molecule has 1 aromatic heterocycles. The number of amidine groups is 1. The van der Waals surface area contributed by atoms with Gasteiger partial charge >= 0.3 is 0 Å². The van der Waals surface area contributed by atoms with E-state index < -0.39 is 0 Å². The summed E-state index contributed by atoms with van der Waals surface area (Å²) in [5.74, 6) is 0.476. The number of aliphatic imine (C=N–C) groups is 1. The molecular weight excluding hydrogens is 741 g/mol. The van der Waals surface area contributed by atoms with E-state index in [1.54, 1.807) is 0 Å². The Kier molecular flexibility index (Phi) is 9.05. The highest BCUT2D eigenvalue weighted by atomic mass is 16.3. The van der Waals surface area contributed by atoms with Crippen LogP contribution in [0.1, 0.15) is 16.7 Å². The van der Waals surface area contributed by atoms with Crippen LogP contribution in [0.25, 0.3) is 93.3 Å². The quantitative estimate of drug-likeness (QED) is 0.0722. The van der Waals surface area contributed by atoms with E-state index in [9.17, 15) is 0 Å². The van der Waals surface area contributed by atoms with Crippen LogP contribution in [0.2, 0.25) is 0 Å². The number of nitrogens with two attached hydrogens (primary N) is 1. The smallest absolute Gasteiger partial charge is 0.136 e. The number of fused-ring (bicyclic) bond motifs is 7. The highest BCUT2D eigenvalue weighted by Gasteiger charge is 2.19. The SMILES string of the molecule is NC(=N/C(=C\Cc1cccc(-c2ccc3c(c2)oc2ccccc23)c1)c1ccc(-c2c3ccccc3c(-c3ccccc3)c3ccc4ccccc4c23)cc1)c1ccccc1. The Hall–Kier alpha value is -8.01. The molecule has 1 heterocycles. The molecule has 0 saturated carbocycles. The van der Waals surface area contributed by atoms with E-state index in [1.165, 1.54) is 54.6 Å². The summed E-state index contributed by atoms with van der Waals surface area (Å²) in [6.07, 6.45) is 2.87. The molecule has 10 aromatic carbocycles. The minimum atomic E-state index is 0.476. The van der Waals surface area contributed by atoms with Crippen LogP contribution < -0.4 is 5.73 Å². The van der Waals surface area contributed by atoms with Gasteiger partial charge in [0.15, 0.2) is 0 Å². The summed E-state index contributed by atoms with van der Waals surface area (Å²) in [5, 5.41) is 9.67. The predicted octanol–water partition coefficient (Wildman–Crippen LogP) is 15.0. The third-order valence-electron chi connectivity index (χ3n) is 11.9. The van der Waals surface area contributed by atoms with Crippen molar-refractivity contribution in [3.8, 4) is 33.4 Å². The first-order chi connectivity index (χ1) is 30.2. The van der Waals surface area contributed by atoms with Gasteiger partial charge in [0.25, 0.3) is 0 Å². The zero-order valence-corrected chi connectivity index (χ0v) is 33.4. The number of para-hydroxylation sites is 1. The molecule has 0 spiro atoms. The lowest BCUT2D eigenvalue weighted by molar-refractivity contribution is 0.669. The molecule has 61 heavy (non-hydrogen) atoms. The minimum Gasteiger partial charge on any atom is -0.456 e. The second-order valence-corrected chi connectivity index (χ2v) is 15.6. The fourth-order valence-electron chi connectivity index (χ4n) is 9.00. The summed E-state index contributed by atoms with van der Waals surface area (Å²) in [4.78, 5) is 5.10. The van der Waals surface area contributed by atoms with Gasteiger partial charge in [-0.3, -0.25) is 0 Å². The Morgan fingerprint density at radius 2 is 1.02 bits per heavy atom. The average Bonchev–Trinajstić information content (AvgIpc) is 3.71. The van der Waals surface area contributed by atoms with Gasteiger partial charge in [-0.2, -0.15) is 0 Å². The van der Waals surface area contributed by atoms with Crippen molar-refractivity contribution in [2.75, 3.05) is 0 Å². The van der Waals surface area contributed by atoms with Crippen molar-refractivity contribution in [2.24, 2.45) is 10.7 Å². The maximum Gasteiger partial charge on any atom is 0.136 e. The number of benzene rings is 10. The zero-order valence-electron chi connectivity index (χ0n) is 33.4. The van der Waals surface area contributed by atoms with Crippen molar-refractivity contribution in [3.05, 3.63) is 235 Å². The molecule has 11 rings (SSSR count). The van der Waals surface area contributed by atoms with Gasteiger partial charge in [-0.25, -0.2) is 4.99 Å². The van der Waals surface area contributed by atoms with Gasteiger partial charge in [0.1, 0.15) is 17.0 Å². The first-order valence-corrected chi connectivity index (χ1v) is 20.8. The topological polar surface area (TPSA) is 51.5 Å². The lowest BCUT2D eigenvalue weighted by atomic mass is 9.84. The summed E-state index contributed by atoms with van der Waals surface area (Å²) < 4.78 is 6.23. The first kappa shape index (κ1) is 36.1. The van der Waals surface area contributed by atoms with E-state index in [1.807, 2.05) is 42.5 Å². The fraction of sp³-hybridized carbons (Fsp3) is 0.0172. The molecule has 0 aliphatic rings. The molecular formula is C58H40N2O. The van der Waals surface area contributed by atoms with Crippen LogP contribution in [0.4, 0.5) is 0 Å². The number of nitrogens with zero attached hydrogens (tertiary/aromatic N) is 1. The van der Waals surface area contributed by atoms with E-state index in [0.29, 0.717) is 12.3 Å². The van der Waals surface area contributed by atoms with Crippen LogP contribution >= 0.6 is 0 Å². The summed E-state index contributed by atoms with van der Waals surface area (Å²) in [7, 11) is 0. The van der Waals surface area contributed by atoms with E-state index in [-0.39, 0.29) is 0 Å². The Morgan fingerprint density at radius 1 is 0.426 bits per heavy atom. The second-order valence-electron chi connectivity index (χ2n) is 15.6. The van der Waals surface area contributed by atoms with Crippen LogP contribution in [0.15, 0.2) is 228 Å². The van der Waals surface area contributed by atoms with Gasteiger partial charge in [0.2, 0.25) is 0 Å². The molecule has 3 nitrogen and oxygen atoms in total. The van der Waals surface area contributed by atoms with E-state index >= 15 is 0 Å². The molecule has 0 unspecified atom stereocenters. The largest absolute Gasteiger partial charge is 0.456 e. The Labute approximate surface area is 354 Å². The molecule has 2 N–H and O–H groups in total. The first-order valence-electron chi connectivity index (χ1n) is 20.8. The molecule has 0 fully saturated rings. The fourth-order valence-corrected chi connectivity index (χ4v) is 9.00. The molecule has 0 aliphatic carbocycles. The molecule has 0 atom stereocenters. The van der Waals surface area contributed by atoms with Crippen molar-refractivity contribution in [1.82, 2.24) is 0 Å². The van der Waals surface area contributed by atoms with Crippen LogP contribution in [-0.4, -0.2) is 5.84 Å². The zero-order chi connectivity index (χ0) is 40.7. The lowest BCUT2D eigenvalue weighted by Crippen LogP contribution is -2.13. The molecule has 0 saturated heterocycles. The minimum absolute atomic E-state index is 0.476. The van der Waals surface area contributed by atoms with Crippen LogP contribution in [-0.2, 0) is 6.42 Å². The Balaban J connectivity index is 1.02. The van der Waals surface area contributed by atoms with Crippen LogP contribution in [0, 0.1) is 0 Å². The van der Waals surface area contributed by atoms with E-state index in [0.717, 1.165) is 55.5 Å². The monoisotopic (exact) mass is 780 g/mol. The molecule has 0 amide bonds. The van der Waals surface area contributed by atoms with Crippen molar-refractivity contribution >= 4 is 65.8 Å². The van der Waals surface area contributed by atoms with E-state index in [2.05, 4.69) is 176 Å². The number of furan rings is 1. The summed E-state index contributed by atoms with van der Waals surface area (Å²) in [6, 6.07) is 75.2. The van der Waals surface area contributed by atoms with Crippen molar-refractivity contribution in [3.63, 3.8) is 0 Å². The maximum absolute atomic E-state index is 6.74. The third kappa shape index (κ3) is 6.63. The second kappa shape index (κ2) is 15.3. The Bertz CT molecular complexity index is 3490. The summed E-state index contributed by atoms with van der Waals surface area (Å²) >= 11 is 0. The van der Waals surface area contributed by atoms with Crippen LogP contribution in [0.5, 0.6) is 0 Å².